The Balaban J connectivity index is 1.39. The quantitative estimate of drug-likeness (QED) is 0.231. The van der Waals surface area contributed by atoms with E-state index < -0.39 is 17.1 Å². The summed E-state index contributed by atoms with van der Waals surface area (Å²) in [6, 6.07) is 15.5. The summed E-state index contributed by atoms with van der Waals surface area (Å²) in [5.41, 5.74) is 2.94. The minimum Gasteiger partial charge on any atom is -0.450 e. The van der Waals surface area contributed by atoms with Crippen molar-refractivity contribution in [1.82, 2.24) is 4.90 Å². The topological polar surface area (TPSA) is 87.1 Å². The molecule has 0 heterocycles. The van der Waals surface area contributed by atoms with Gasteiger partial charge in [-0.25, -0.2) is 4.79 Å². The number of ketones is 1. The standard InChI is InChI=1S/C42H57NO5/c1-6-48-39(46)43(26-31-16-17-32-25-37(31)40(32,3)4)27-42(47)22-20-36-34-19-15-29(24-35(34)38(45)30-12-8-7-9-13-30)23-33(44)18-14-28(2)11-10-21-41(36,42)5/h7-9,11-13,15,19,24,31-33,36-37,44,47H,6,10,14,16-18,20-23,25-27H2,1-5H3/t31-,32-,33-,36-,37-,41-,42+/m0/s1. The molecule has 6 nitrogen and oxygen atoms in total. The number of rotatable bonds is 7. The lowest BCUT2D eigenvalue weighted by molar-refractivity contribution is -0.120. The van der Waals surface area contributed by atoms with Crippen LogP contribution in [-0.2, 0) is 11.2 Å². The van der Waals surface area contributed by atoms with Gasteiger partial charge in [0.15, 0.2) is 5.78 Å². The van der Waals surface area contributed by atoms with Gasteiger partial charge in [-0.3, -0.25) is 4.79 Å². The van der Waals surface area contributed by atoms with Gasteiger partial charge in [0.25, 0.3) is 0 Å². The average Bonchev–Trinajstić information content (AvgIpc) is 3.32. The van der Waals surface area contributed by atoms with Gasteiger partial charge < -0.3 is 19.8 Å². The first-order chi connectivity index (χ1) is 22.9. The van der Waals surface area contributed by atoms with Crippen molar-refractivity contribution < 1.29 is 24.5 Å². The minimum atomic E-state index is -1.17. The number of hydrogen-bond donors (Lipinski definition) is 2. The fraction of sp³-hybridized carbons (Fsp3) is 0.619. The van der Waals surface area contributed by atoms with Gasteiger partial charge in [-0.1, -0.05) is 74.9 Å². The van der Waals surface area contributed by atoms with Crippen LogP contribution in [0, 0.1) is 28.6 Å². The van der Waals surface area contributed by atoms with E-state index >= 15 is 0 Å². The summed E-state index contributed by atoms with van der Waals surface area (Å²) in [4.78, 5) is 29.7. The van der Waals surface area contributed by atoms with Crippen molar-refractivity contribution in [1.29, 1.82) is 0 Å². The van der Waals surface area contributed by atoms with E-state index in [4.69, 9.17) is 4.74 Å². The van der Waals surface area contributed by atoms with Crippen LogP contribution < -0.4 is 0 Å². The third-order valence-corrected chi connectivity index (χ3v) is 13.4. The number of benzene rings is 2. The van der Waals surface area contributed by atoms with Gasteiger partial charge in [0.1, 0.15) is 0 Å². The minimum absolute atomic E-state index is 0.0329. The van der Waals surface area contributed by atoms with Crippen molar-refractivity contribution in [2.24, 2.45) is 28.6 Å². The van der Waals surface area contributed by atoms with Crippen molar-refractivity contribution >= 4 is 11.9 Å². The lowest BCUT2D eigenvalue weighted by atomic mass is 9.45. The number of amides is 1. The molecule has 0 unspecified atom stereocenters. The highest BCUT2D eigenvalue weighted by Gasteiger charge is 2.59. The number of nitrogens with zero attached hydrogens (tertiary/aromatic N) is 1. The molecule has 8 rings (SSSR count). The Morgan fingerprint density at radius 2 is 1.77 bits per heavy atom. The summed E-state index contributed by atoms with van der Waals surface area (Å²) in [7, 11) is 0. The van der Waals surface area contributed by atoms with E-state index in [1.807, 2.05) is 48.2 Å². The number of aliphatic hydroxyl groups excluding tert-OH is 1. The molecule has 0 aliphatic heterocycles. The molecule has 2 aromatic carbocycles. The van der Waals surface area contributed by atoms with Gasteiger partial charge in [0, 0.05) is 23.1 Å². The molecule has 0 saturated heterocycles. The summed E-state index contributed by atoms with van der Waals surface area (Å²) in [6.45, 7) is 12.1. The first-order valence-electron chi connectivity index (χ1n) is 18.6. The molecule has 4 bridgehead atoms. The maximum Gasteiger partial charge on any atom is 0.409 e. The number of carbonyl (C=O) groups excluding carboxylic acids is 2. The van der Waals surface area contributed by atoms with Crippen molar-refractivity contribution in [3.05, 3.63) is 82.4 Å². The molecular weight excluding hydrogens is 598 g/mol. The lowest BCUT2D eigenvalue weighted by Crippen LogP contribution is -2.58. The highest BCUT2D eigenvalue weighted by molar-refractivity contribution is 6.10. The Hall–Kier alpha value is -2.96. The number of hydrogen-bond acceptors (Lipinski definition) is 5. The van der Waals surface area contributed by atoms with Crippen LogP contribution in [-0.4, -0.2) is 58.4 Å². The molecule has 0 radical (unpaired) electrons. The van der Waals surface area contributed by atoms with Crippen LogP contribution >= 0.6 is 0 Å². The van der Waals surface area contributed by atoms with Gasteiger partial charge in [-0.05, 0) is 124 Å². The Bertz CT molecular complexity index is 1510. The summed E-state index contributed by atoms with van der Waals surface area (Å²) in [6.07, 6.45) is 9.67. The van der Waals surface area contributed by atoms with E-state index in [9.17, 15) is 19.8 Å². The van der Waals surface area contributed by atoms with Gasteiger partial charge in [-0.15, -0.1) is 0 Å². The number of allylic oxidation sites excluding steroid dienone is 2. The molecule has 1 amide bonds. The molecule has 0 spiro atoms. The fourth-order valence-electron chi connectivity index (χ4n) is 10.1. The molecule has 260 valence electrons. The van der Waals surface area contributed by atoms with Crippen LogP contribution in [0.5, 0.6) is 0 Å². The van der Waals surface area contributed by atoms with Gasteiger partial charge in [0.05, 0.1) is 24.9 Å². The van der Waals surface area contributed by atoms with E-state index in [0.29, 0.717) is 73.6 Å². The van der Waals surface area contributed by atoms with Crippen LogP contribution in [0.4, 0.5) is 4.79 Å². The fourth-order valence-corrected chi connectivity index (χ4v) is 10.1. The Kier molecular flexibility index (Phi) is 9.99. The third kappa shape index (κ3) is 6.52. The normalized spacial score (nSPS) is 32.7. The van der Waals surface area contributed by atoms with Crippen molar-refractivity contribution in [2.45, 2.75) is 116 Å². The molecule has 4 saturated carbocycles. The second-order valence-electron chi connectivity index (χ2n) is 16.4. The van der Waals surface area contributed by atoms with E-state index in [2.05, 4.69) is 45.9 Å². The zero-order chi connectivity index (χ0) is 34.3. The lowest BCUT2D eigenvalue weighted by Gasteiger charge is -2.60. The highest BCUT2D eigenvalue weighted by atomic mass is 16.6. The van der Waals surface area contributed by atoms with E-state index in [0.717, 1.165) is 36.3 Å². The molecule has 4 fully saturated rings. The maximum atomic E-state index is 14.2. The second-order valence-corrected chi connectivity index (χ2v) is 16.4. The SMILES string of the molecule is CCOC(=O)N(C[C@@H]1CC[C@H]2C[C@@H]1C2(C)C)C[C@]1(O)CC[C@H]2c3ccc(cc3C(=O)c3ccccc3)C[C@@H](O)CCC(C)=CCC[C@@]21C. The zero-order valence-electron chi connectivity index (χ0n) is 29.8. The number of ether oxygens (including phenoxy) is 1. The molecule has 48 heavy (non-hydrogen) atoms. The van der Waals surface area contributed by atoms with Crippen LogP contribution in [0.2, 0.25) is 0 Å². The largest absolute Gasteiger partial charge is 0.450 e. The molecule has 6 aliphatic rings. The summed E-state index contributed by atoms with van der Waals surface area (Å²) in [5.74, 6) is 1.63. The number of carbonyl (C=O) groups is 2. The molecule has 2 N–H and O–H groups in total. The third-order valence-electron chi connectivity index (χ3n) is 13.4. The summed E-state index contributed by atoms with van der Waals surface area (Å²) < 4.78 is 5.65. The van der Waals surface area contributed by atoms with Crippen LogP contribution in [0.1, 0.15) is 125 Å². The first kappa shape index (κ1) is 34.9. The van der Waals surface area contributed by atoms with Crippen molar-refractivity contribution in [2.75, 3.05) is 19.7 Å². The second kappa shape index (κ2) is 13.7. The Labute approximate surface area is 288 Å². The maximum absolute atomic E-state index is 14.2. The van der Waals surface area contributed by atoms with Crippen molar-refractivity contribution in [3.63, 3.8) is 0 Å². The van der Waals surface area contributed by atoms with Gasteiger partial charge in [-0.2, -0.15) is 0 Å². The predicted molar refractivity (Wildman–Crippen MR) is 190 cm³/mol. The molecule has 6 heteroatoms. The number of fused-ring (bicyclic) bond motifs is 10. The highest BCUT2D eigenvalue weighted by Crippen LogP contribution is 2.62. The van der Waals surface area contributed by atoms with Crippen LogP contribution in [0.25, 0.3) is 0 Å². The van der Waals surface area contributed by atoms with E-state index in [-0.39, 0.29) is 24.3 Å². The molecule has 2 aromatic rings. The smallest absolute Gasteiger partial charge is 0.409 e. The van der Waals surface area contributed by atoms with Crippen molar-refractivity contribution in [3.8, 4) is 0 Å². The summed E-state index contributed by atoms with van der Waals surface area (Å²) >= 11 is 0. The molecule has 6 aliphatic carbocycles. The number of aliphatic hydroxyl groups is 2. The monoisotopic (exact) mass is 655 g/mol. The average molecular weight is 656 g/mol. The van der Waals surface area contributed by atoms with Gasteiger partial charge in [0.2, 0.25) is 0 Å². The zero-order valence-corrected chi connectivity index (χ0v) is 29.8. The van der Waals surface area contributed by atoms with E-state index in [1.54, 1.807) is 0 Å². The van der Waals surface area contributed by atoms with Crippen LogP contribution in [0.3, 0.4) is 0 Å². The van der Waals surface area contributed by atoms with Crippen LogP contribution in [0.15, 0.2) is 60.2 Å². The molecular formula is C42H57NO5. The Morgan fingerprint density at radius 1 is 1.00 bits per heavy atom. The molecule has 7 atom stereocenters. The predicted octanol–water partition coefficient (Wildman–Crippen LogP) is 8.49. The van der Waals surface area contributed by atoms with E-state index in [1.165, 1.54) is 18.4 Å². The van der Waals surface area contributed by atoms with Gasteiger partial charge >= 0.3 is 6.09 Å². The molecule has 0 aromatic heterocycles. The first-order valence-corrected chi connectivity index (χ1v) is 18.6. The Morgan fingerprint density at radius 3 is 2.48 bits per heavy atom. The summed E-state index contributed by atoms with van der Waals surface area (Å²) in [5, 5.41) is 23.9.